The summed E-state index contributed by atoms with van der Waals surface area (Å²) in [5.41, 5.74) is 2.21. The summed E-state index contributed by atoms with van der Waals surface area (Å²) in [7, 11) is 0. The quantitative estimate of drug-likeness (QED) is 0.863. The molecule has 0 aliphatic heterocycles. The number of furan rings is 1. The van der Waals surface area contributed by atoms with Crippen LogP contribution in [-0.2, 0) is 6.42 Å². The molecule has 0 saturated heterocycles. The van der Waals surface area contributed by atoms with Gasteiger partial charge < -0.3 is 9.73 Å². The third-order valence-corrected chi connectivity index (χ3v) is 5.44. The monoisotopic (exact) mass is 342 g/mol. The fourth-order valence-corrected chi connectivity index (χ4v) is 4.19. The van der Waals surface area contributed by atoms with Gasteiger partial charge in [-0.05, 0) is 38.7 Å². The van der Waals surface area contributed by atoms with Crippen molar-refractivity contribution in [2.24, 2.45) is 0 Å². The second-order valence-corrected chi connectivity index (χ2v) is 7.25. The number of nitrogens with one attached hydrogen (secondary N) is 2. The van der Waals surface area contributed by atoms with E-state index in [4.69, 9.17) is 4.42 Å². The van der Waals surface area contributed by atoms with Gasteiger partial charge in [-0.3, -0.25) is 10.00 Å². The fraction of sp³-hybridized carbons (Fsp3) is 0.579. The van der Waals surface area contributed by atoms with Gasteiger partial charge in [-0.15, -0.1) is 0 Å². The standard InChI is InChI=1S/C19H26N4O2/c1-13-12-18(22-23(13)14-6-3-2-4-7-14)21-19(24)20-16-8-5-9-17-15(16)10-11-25-17/h10-12,14,16H,2-9H2,1H3,(H2,20,21,22,24). The molecule has 2 heterocycles. The van der Waals surface area contributed by atoms with Crippen LogP contribution in [0.15, 0.2) is 22.8 Å². The van der Waals surface area contributed by atoms with Crippen LogP contribution in [0, 0.1) is 6.92 Å². The number of amides is 2. The molecule has 6 heteroatoms. The van der Waals surface area contributed by atoms with Gasteiger partial charge in [-0.25, -0.2) is 4.79 Å². The van der Waals surface area contributed by atoms with Crippen LogP contribution >= 0.6 is 0 Å². The lowest BCUT2D eigenvalue weighted by atomic mass is 9.93. The SMILES string of the molecule is Cc1cc(NC(=O)NC2CCCc3occc32)nn1C1CCCCC1. The molecule has 1 atom stereocenters. The van der Waals surface area contributed by atoms with E-state index in [0.29, 0.717) is 11.9 Å². The average molecular weight is 342 g/mol. The summed E-state index contributed by atoms with van der Waals surface area (Å²) in [5.74, 6) is 1.62. The molecule has 134 valence electrons. The number of carbonyl (C=O) groups is 1. The molecule has 1 saturated carbocycles. The Bertz CT molecular complexity index is 742. The predicted octanol–water partition coefficient (Wildman–Crippen LogP) is 4.49. The lowest BCUT2D eigenvalue weighted by molar-refractivity contribution is 0.246. The van der Waals surface area contributed by atoms with Gasteiger partial charge in [0.1, 0.15) is 5.76 Å². The summed E-state index contributed by atoms with van der Waals surface area (Å²) in [6.45, 7) is 2.06. The maximum atomic E-state index is 12.4. The molecular weight excluding hydrogens is 316 g/mol. The molecule has 0 aromatic carbocycles. The van der Waals surface area contributed by atoms with Crippen molar-refractivity contribution < 1.29 is 9.21 Å². The first-order valence-electron chi connectivity index (χ1n) is 9.40. The largest absolute Gasteiger partial charge is 0.469 e. The second kappa shape index (κ2) is 6.94. The molecule has 4 rings (SSSR count). The van der Waals surface area contributed by atoms with Crippen LogP contribution in [0.1, 0.15) is 74.0 Å². The van der Waals surface area contributed by atoms with Gasteiger partial charge in [0.15, 0.2) is 5.82 Å². The first-order valence-corrected chi connectivity index (χ1v) is 9.40. The second-order valence-electron chi connectivity index (χ2n) is 7.25. The Balaban J connectivity index is 1.40. The van der Waals surface area contributed by atoms with E-state index in [1.807, 2.05) is 12.1 Å². The highest BCUT2D eigenvalue weighted by molar-refractivity contribution is 5.88. The van der Waals surface area contributed by atoms with Gasteiger partial charge in [0, 0.05) is 23.7 Å². The molecule has 2 aliphatic rings. The van der Waals surface area contributed by atoms with E-state index in [1.165, 1.54) is 32.1 Å². The molecule has 0 spiro atoms. The van der Waals surface area contributed by atoms with Crippen molar-refractivity contribution in [2.45, 2.75) is 70.4 Å². The number of anilines is 1. The summed E-state index contributed by atoms with van der Waals surface area (Å²) in [4.78, 5) is 12.4. The molecule has 2 aromatic heterocycles. The van der Waals surface area contributed by atoms with Crippen LogP contribution in [0.5, 0.6) is 0 Å². The number of hydrogen-bond acceptors (Lipinski definition) is 3. The van der Waals surface area contributed by atoms with Crippen LogP contribution < -0.4 is 10.6 Å². The summed E-state index contributed by atoms with van der Waals surface area (Å²) >= 11 is 0. The Morgan fingerprint density at radius 2 is 2.08 bits per heavy atom. The Hall–Kier alpha value is -2.24. The fourth-order valence-electron chi connectivity index (χ4n) is 4.19. The topological polar surface area (TPSA) is 72.1 Å². The zero-order valence-electron chi connectivity index (χ0n) is 14.8. The van der Waals surface area contributed by atoms with E-state index in [9.17, 15) is 4.79 Å². The summed E-state index contributed by atoms with van der Waals surface area (Å²) in [6, 6.07) is 4.20. The summed E-state index contributed by atoms with van der Waals surface area (Å²) < 4.78 is 7.57. The third kappa shape index (κ3) is 3.43. The molecule has 2 aliphatic carbocycles. The van der Waals surface area contributed by atoms with Gasteiger partial charge in [-0.1, -0.05) is 19.3 Å². The third-order valence-electron chi connectivity index (χ3n) is 5.44. The molecule has 6 nitrogen and oxygen atoms in total. The number of urea groups is 1. The average Bonchev–Trinajstić information content (AvgIpc) is 3.23. The molecule has 0 radical (unpaired) electrons. The smallest absolute Gasteiger partial charge is 0.320 e. The first kappa shape index (κ1) is 16.2. The van der Waals surface area contributed by atoms with Crippen LogP contribution in [0.2, 0.25) is 0 Å². The van der Waals surface area contributed by atoms with E-state index in [-0.39, 0.29) is 12.1 Å². The van der Waals surface area contributed by atoms with Gasteiger partial charge in [0.25, 0.3) is 0 Å². The Morgan fingerprint density at radius 3 is 2.92 bits per heavy atom. The number of nitrogens with zero attached hydrogens (tertiary/aromatic N) is 2. The maximum Gasteiger partial charge on any atom is 0.320 e. The Morgan fingerprint density at radius 1 is 1.24 bits per heavy atom. The van der Waals surface area contributed by atoms with Crippen molar-refractivity contribution in [3.63, 3.8) is 0 Å². The molecular formula is C19H26N4O2. The number of rotatable bonds is 3. The Labute approximate surface area is 148 Å². The van der Waals surface area contributed by atoms with Gasteiger partial charge in [-0.2, -0.15) is 5.10 Å². The molecule has 1 unspecified atom stereocenters. The van der Waals surface area contributed by atoms with Crippen molar-refractivity contribution >= 4 is 11.8 Å². The zero-order valence-corrected chi connectivity index (χ0v) is 14.8. The highest BCUT2D eigenvalue weighted by Crippen LogP contribution is 2.31. The zero-order chi connectivity index (χ0) is 17.2. The van der Waals surface area contributed by atoms with E-state index < -0.39 is 0 Å². The highest BCUT2D eigenvalue weighted by Gasteiger charge is 2.24. The van der Waals surface area contributed by atoms with Crippen LogP contribution in [0.3, 0.4) is 0 Å². The summed E-state index contributed by atoms with van der Waals surface area (Å²) in [6.07, 6.45) is 10.8. The van der Waals surface area contributed by atoms with E-state index in [0.717, 1.165) is 36.3 Å². The summed E-state index contributed by atoms with van der Waals surface area (Å²) in [5, 5.41) is 10.6. The minimum absolute atomic E-state index is 0.0176. The number of aromatic nitrogens is 2. The minimum atomic E-state index is -0.202. The first-order chi connectivity index (χ1) is 12.2. The van der Waals surface area contributed by atoms with Crippen molar-refractivity contribution in [2.75, 3.05) is 5.32 Å². The van der Waals surface area contributed by atoms with Crippen molar-refractivity contribution in [1.29, 1.82) is 0 Å². The molecule has 25 heavy (non-hydrogen) atoms. The number of aryl methyl sites for hydroxylation is 2. The normalized spacial score (nSPS) is 20.9. The van der Waals surface area contributed by atoms with Crippen LogP contribution in [-0.4, -0.2) is 15.8 Å². The van der Waals surface area contributed by atoms with Gasteiger partial charge in [0.05, 0.1) is 18.3 Å². The molecule has 2 amide bonds. The van der Waals surface area contributed by atoms with Gasteiger partial charge >= 0.3 is 6.03 Å². The number of carbonyl (C=O) groups excluding carboxylic acids is 1. The number of hydrogen-bond donors (Lipinski definition) is 2. The van der Waals surface area contributed by atoms with Crippen molar-refractivity contribution in [3.8, 4) is 0 Å². The van der Waals surface area contributed by atoms with Gasteiger partial charge in [0.2, 0.25) is 0 Å². The molecule has 0 bridgehead atoms. The van der Waals surface area contributed by atoms with Crippen molar-refractivity contribution in [3.05, 3.63) is 35.4 Å². The lowest BCUT2D eigenvalue weighted by Crippen LogP contribution is -2.34. The van der Waals surface area contributed by atoms with E-state index >= 15 is 0 Å². The lowest BCUT2D eigenvalue weighted by Gasteiger charge is -2.23. The van der Waals surface area contributed by atoms with Crippen molar-refractivity contribution in [1.82, 2.24) is 15.1 Å². The van der Waals surface area contributed by atoms with E-state index in [1.54, 1.807) is 6.26 Å². The van der Waals surface area contributed by atoms with Crippen LogP contribution in [0.25, 0.3) is 0 Å². The molecule has 1 fully saturated rings. The number of fused-ring (bicyclic) bond motifs is 1. The van der Waals surface area contributed by atoms with E-state index in [2.05, 4.69) is 27.3 Å². The maximum absolute atomic E-state index is 12.4. The van der Waals surface area contributed by atoms with Crippen LogP contribution in [0.4, 0.5) is 10.6 Å². The molecule has 2 aromatic rings. The highest BCUT2D eigenvalue weighted by atomic mass is 16.3. The molecule has 2 N–H and O–H groups in total. The Kier molecular flexibility index (Phi) is 4.51. The minimum Gasteiger partial charge on any atom is -0.469 e. The predicted molar refractivity (Wildman–Crippen MR) is 95.6 cm³/mol.